The van der Waals surface area contributed by atoms with E-state index in [1.807, 2.05) is 0 Å². The van der Waals surface area contributed by atoms with Crippen LogP contribution in [0.5, 0.6) is 0 Å². The number of nitrogens with zero attached hydrogens (tertiary/aromatic N) is 2. The third-order valence-electron chi connectivity index (χ3n) is 1.91. The van der Waals surface area contributed by atoms with E-state index in [0.717, 1.165) is 0 Å². The van der Waals surface area contributed by atoms with E-state index in [1.54, 1.807) is 5.38 Å². The van der Waals surface area contributed by atoms with Gasteiger partial charge in [-0.3, -0.25) is 4.72 Å². The van der Waals surface area contributed by atoms with Crippen LogP contribution >= 0.6 is 11.3 Å². The Kier molecular flexibility index (Phi) is 3.36. The average Bonchev–Trinajstić information content (AvgIpc) is 2.81. The Labute approximate surface area is 102 Å². The number of aliphatic hydroxyl groups is 1. The van der Waals surface area contributed by atoms with Crippen LogP contribution in [0, 0.1) is 0 Å². The van der Waals surface area contributed by atoms with Gasteiger partial charge in [-0.2, -0.15) is 8.42 Å². The first-order valence-electron chi connectivity index (χ1n) is 4.60. The van der Waals surface area contributed by atoms with Crippen molar-refractivity contribution >= 4 is 26.5 Å². The molecule has 0 fully saturated rings. The zero-order chi connectivity index (χ0) is 12.3. The molecule has 6 nitrogen and oxygen atoms in total. The lowest BCUT2D eigenvalue weighted by Crippen LogP contribution is -2.14. The molecule has 0 aliphatic carbocycles. The van der Waals surface area contributed by atoms with Crippen molar-refractivity contribution in [3.05, 3.63) is 35.5 Å². The Morgan fingerprint density at radius 3 is 2.71 bits per heavy atom. The van der Waals surface area contributed by atoms with Crippen LogP contribution in [0.25, 0.3) is 0 Å². The summed E-state index contributed by atoms with van der Waals surface area (Å²) < 4.78 is 26.0. The van der Waals surface area contributed by atoms with E-state index < -0.39 is 10.0 Å². The largest absolute Gasteiger partial charge is 0.392 e. The Hall–Kier alpha value is -1.51. The summed E-state index contributed by atoms with van der Waals surface area (Å²) in [4.78, 5) is 7.59. The van der Waals surface area contributed by atoms with E-state index in [0.29, 0.717) is 5.56 Å². The number of pyridine rings is 1. The van der Waals surface area contributed by atoms with Gasteiger partial charge in [-0.25, -0.2) is 9.97 Å². The molecule has 0 saturated heterocycles. The molecule has 2 N–H and O–H groups in total. The summed E-state index contributed by atoms with van der Waals surface area (Å²) in [6.45, 7) is -0.173. The summed E-state index contributed by atoms with van der Waals surface area (Å²) in [6, 6.07) is 2.84. The van der Waals surface area contributed by atoms with E-state index in [9.17, 15) is 8.42 Å². The molecule has 2 rings (SSSR count). The summed E-state index contributed by atoms with van der Waals surface area (Å²) in [7, 11) is -3.70. The lowest BCUT2D eigenvalue weighted by molar-refractivity contribution is 0.281. The molecule has 0 radical (unpaired) electrons. The minimum absolute atomic E-state index is 0.107. The number of rotatable bonds is 4. The maximum atomic E-state index is 11.8. The van der Waals surface area contributed by atoms with Crippen molar-refractivity contribution in [1.29, 1.82) is 0 Å². The predicted molar refractivity (Wildman–Crippen MR) is 63.1 cm³/mol. The zero-order valence-corrected chi connectivity index (χ0v) is 10.2. The van der Waals surface area contributed by atoms with Crippen LogP contribution < -0.4 is 4.72 Å². The molecule has 90 valence electrons. The molecule has 0 aliphatic heterocycles. The summed E-state index contributed by atoms with van der Waals surface area (Å²) in [5.74, 6) is 0. The lowest BCUT2D eigenvalue weighted by Gasteiger charge is -2.04. The van der Waals surface area contributed by atoms with E-state index in [1.165, 1.54) is 35.9 Å². The minimum Gasteiger partial charge on any atom is -0.392 e. The first-order valence-corrected chi connectivity index (χ1v) is 6.96. The fraction of sp³-hybridized carbons (Fsp3) is 0.111. The third kappa shape index (κ3) is 2.78. The van der Waals surface area contributed by atoms with Crippen LogP contribution in [0.2, 0.25) is 0 Å². The number of nitrogens with one attached hydrogen (secondary N) is 1. The minimum atomic E-state index is -3.70. The van der Waals surface area contributed by atoms with Gasteiger partial charge in [0, 0.05) is 17.8 Å². The van der Waals surface area contributed by atoms with Crippen LogP contribution in [0.15, 0.2) is 34.9 Å². The van der Waals surface area contributed by atoms with Crippen molar-refractivity contribution < 1.29 is 13.5 Å². The number of hydrogen-bond acceptors (Lipinski definition) is 6. The monoisotopic (exact) mass is 271 g/mol. The highest BCUT2D eigenvalue weighted by atomic mass is 32.2. The Balaban J connectivity index is 2.25. The number of sulfonamides is 1. The molecule has 17 heavy (non-hydrogen) atoms. The van der Waals surface area contributed by atoms with Crippen molar-refractivity contribution in [3.8, 4) is 0 Å². The quantitative estimate of drug-likeness (QED) is 0.859. The predicted octanol–water partition coefficient (Wildman–Crippen LogP) is 0.831. The molecule has 8 heteroatoms. The molecule has 0 bridgehead atoms. The first-order chi connectivity index (χ1) is 8.12. The van der Waals surface area contributed by atoms with Gasteiger partial charge >= 0.3 is 0 Å². The second-order valence-electron chi connectivity index (χ2n) is 3.11. The van der Waals surface area contributed by atoms with Gasteiger partial charge in [0.05, 0.1) is 6.61 Å². The van der Waals surface area contributed by atoms with E-state index in [4.69, 9.17) is 5.11 Å². The molecule has 2 aromatic rings. The zero-order valence-electron chi connectivity index (χ0n) is 8.57. The normalized spacial score (nSPS) is 11.4. The van der Waals surface area contributed by atoms with Gasteiger partial charge in [-0.15, -0.1) is 11.3 Å². The van der Waals surface area contributed by atoms with Crippen LogP contribution in [0.3, 0.4) is 0 Å². The summed E-state index contributed by atoms with van der Waals surface area (Å²) in [6.07, 6.45) is 2.82. The Morgan fingerprint density at radius 1 is 1.35 bits per heavy atom. The lowest BCUT2D eigenvalue weighted by atomic mass is 10.3. The summed E-state index contributed by atoms with van der Waals surface area (Å²) in [5.41, 5.74) is 0.554. The molecule has 0 atom stereocenters. The highest BCUT2D eigenvalue weighted by molar-refractivity contribution is 7.92. The number of anilines is 1. The van der Waals surface area contributed by atoms with Crippen LogP contribution in [0.1, 0.15) is 5.56 Å². The van der Waals surface area contributed by atoms with Crippen LogP contribution in [0.4, 0.5) is 5.13 Å². The van der Waals surface area contributed by atoms with E-state index >= 15 is 0 Å². The molecule has 0 amide bonds. The highest BCUT2D eigenvalue weighted by Crippen LogP contribution is 2.16. The molecule has 0 unspecified atom stereocenters. The maximum Gasteiger partial charge on any atom is 0.281 e. The van der Waals surface area contributed by atoms with E-state index in [-0.39, 0.29) is 16.8 Å². The number of aromatic nitrogens is 2. The molecular weight excluding hydrogens is 262 g/mol. The van der Waals surface area contributed by atoms with Gasteiger partial charge < -0.3 is 5.11 Å². The van der Waals surface area contributed by atoms with Gasteiger partial charge in [0.25, 0.3) is 10.0 Å². The summed E-state index contributed by atoms with van der Waals surface area (Å²) >= 11 is 1.18. The molecule has 0 aromatic carbocycles. The molecule has 0 aliphatic rings. The molecular formula is C9H9N3O3S2. The van der Waals surface area contributed by atoms with Crippen molar-refractivity contribution in [2.24, 2.45) is 0 Å². The molecule has 2 heterocycles. The fourth-order valence-corrected chi connectivity index (χ4v) is 2.82. The standard InChI is InChI=1S/C9H9N3O3S2/c13-6-7-1-2-8(11-5-7)17(14,15)12-9-10-3-4-16-9/h1-5,13H,6H2,(H,10,12). The molecule has 2 aromatic heterocycles. The number of aliphatic hydroxyl groups excluding tert-OH is 1. The van der Waals surface area contributed by atoms with Crippen LogP contribution in [-0.4, -0.2) is 23.5 Å². The smallest absolute Gasteiger partial charge is 0.281 e. The number of thiazole rings is 1. The second kappa shape index (κ2) is 4.78. The second-order valence-corrected chi connectivity index (χ2v) is 5.63. The van der Waals surface area contributed by atoms with Gasteiger partial charge in [0.2, 0.25) is 0 Å². The van der Waals surface area contributed by atoms with Gasteiger partial charge in [0.1, 0.15) is 0 Å². The fourth-order valence-electron chi connectivity index (χ4n) is 1.10. The maximum absolute atomic E-state index is 11.8. The molecule has 0 spiro atoms. The third-order valence-corrected chi connectivity index (χ3v) is 3.98. The van der Waals surface area contributed by atoms with Gasteiger partial charge in [-0.05, 0) is 11.6 Å². The van der Waals surface area contributed by atoms with Gasteiger partial charge in [0.15, 0.2) is 10.2 Å². The first kappa shape index (κ1) is 12.0. The van der Waals surface area contributed by atoms with Crippen molar-refractivity contribution in [1.82, 2.24) is 9.97 Å². The van der Waals surface area contributed by atoms with Gasteiger partial charge in [-0.1, -0.05) is 6.07 Å². The van der Waals surface area contributed by atoms with Crippen molar-refractivity contribution in [3.63, 3.8) is 0 Å². The highest BCUT2D eigenvalue weighted by Gasteiger charge is 2.16. The average molecular weight is 271 g/mol. The van der Waals surface area contributed by atoms with Crippen LogP contribution in [-0.2, 0) is 16.6 Å². The topological polar surface area (TPSA) is 92.2 Å². The molecule has 0 saturated carbocycles. The Bertz CT molecular complexity index is 578. The van der Waals surface area contributed by atoms with Crippen molar-refractivity contribution in [2.45, 2.75) is 11.6 Å². The van der Waals surface area contributed by atoms with E-state index in [2.05, 4.69) is 14.7 Å². The SMILES string of the molecule is O=S(=O)(Nc1nccs1)c1ccc(CO)cn1. The van der Waals surface area contributed by atoms with Crippen molar-refractivity contribution in [2.75, 3.05) is 4.72 Å². The summed E-state index contributed by atoms with van der Waals surface area (Å²) in [5, 5.41) is 10.7. The Morgan fingerprint density at radius 2 is 2.18 bits per heavy atom. The number of hydrogen-bond donors (Lipinski definition) is 2.